The van der Waals surface area contributed by atoms with Crippen LogP contribution in [0.25, 0.3) is 0 Å². The highest BCUT2D eigenvalue weighted by atomic mass is 35.5. The fraction of sp³-hybridized carbons (Fsp3) is 0.188. The molecule has 0 saturated heterocycles. The number of halogens is 3. The average Bonchev–Trinajstić information content (AvgIpc) is 2.56. The monoisotopic (exact) mass is 388 g/mol. The van der Waals surface area contributed by atoms with Crippen LogP contribution in [0, 0.1) is 11.6 Å². The van der Waals surface area contributed by atoms with E-state index in [0.717, 1.165) is 17.7 Å². The van der Waals surface area contributed by atoms with Crippen molar-refractivity contribution in [2.45, 2.75) is 17.9 Å². The van der Waals surface area contributed by atoms with Gasteiger partial charge in [-0.25, -0.2) is 21.9 Å². The topological polar surface area (TPSA) is 75.3 Å². The first kappa shape index (κ1) is 19.3. The summed E-state index contributed by atoms with van der Waals surface area (Å²) in [4.78, 5) is 11.3. The smallest absolute Gasteiger partial charge is 0.240 e. The summed E-state index contributed by atoms with van der Waals surface area (Å²) in [5.41, 5.74) is 0.847. The van der Waals surface area contributed by atoms with Gasteiger partial charge in [0.1, 0.15) is 0 Å². The molecule has 9 heteroatoms. The molecule has 0 atom stereocenters. The molecule has 0 fully saturated rings. The van der Waals surface area contributed by atoms with E-state index in [4.69, 9.17) is 11.6 Å². The lowest BCUT2D eigenvalue weighted by Gasteiger charge is -2.08. The molecule has 1 amide bonds. The first-order valence-corrected chi connectivity index (χ1v) is 9.10. The van der Waals surface area contributed by atoms with Crippen LogP contribution in [0.15, 0.2) is 47.4 Å². The Morgan fingerprint density at radius 2 is 1.72 bits per heavy atom. The number of benzene rings is 2. The van der Waals surface area contributed by atoms with Gasteiger partial charge < -0.3 is 5.32 Å². The molecule has 0 aromatic heterocycles. The lowest BCUT2D eigenvalue weighted by atomic mass is 10.2. The van der Waals surface area contributed by atoms with Crippen molar-refractivity contribution in [2.24, 2.45) is 0 Å². The van der Waals surface area contributed by atoms with E-state index in [-0.39, 0.29) is 25.4 Å². The Labute approximate surface area is 149 Å². The van der Waals surface area contributed by atoms with E-state index in [9.17, 15) is 22.0 Å². The standard InChI is InChI=1S/C16H15ClF2N2O3S/c17-12-3-1-11(2-4-12)10-20-16(22)7-8-21-25(23,24)13-5-6-14(18)15(19)9-13/h1-6,9,21H,7-8,10H2,(H,20,22). The number of carbonyl (C=O) groups excluding carboxylic acids is 1. The second-order valence-electron chi connectivity index (χ2n) is 5.13. The molecular formula is C16H15ClF2N2O3S. The highest BCUT2D eigenvalue weighted by Gasteiger charge is 2.16. The number of rotatable bonds is 7. The van der Waals surface area contributed by atoms with Gasteiger partial charge in [0.05, 0.1) is 4.90 Å². The average molecular weight is 389 g/mol. The minimum atomic E-state index is -4.02. The third-order valence-electron chi connectivity index (χ3n) is 3.25. The van der Waals surface area contributed by atoms with E-state index in [1.165, 1.54) is 0 Å². The van der Waals surface area contributed by atoms with Gasteiger partial charge in [0.15, 0.2) is 11.6 Å². The number of sulfonamides is 1. The van der Waals surface area contributed by atoms with Crippen LogP contribution in [0.1, 0.15) is 12.0 Å². The Hall–Kier alpha value is -2.03. The van der Waals surface area contributed by atoms with Crippen molar-refractivity contribution < 1.29 is 22.0 Å². The molecule has 0 unspecified atom stereocenters. The Morgan fingerprint density at radius 3 is 2.36 bits per heavy atom. The molecule has 134 valence electrons. The highest BCUT2D eigenvalue weighted by Crippen LogP contribution is 2.13. The van der Waals surface area contributed by atoms with Gasteiger partial charge in [0.25, 0.3) is 0 Å². The van der Waals surface area contributed by atoms with Crippen molar-refractivity contribution in [3.63, 3.8) is 0 Å². The van der Waals surface area contributed by atoms with Crippen LogP contribution in [0.2, 0.25) is 5.02 Å². The third kappa shape index (κ3) is 5.77. The van der Waals surface area contributed by atoms with Crippen molar-refractivity contribution >= 4 is 27.5 Å². The highest BCUT2D eigenvalue weighted by molar-refractivity contribution is 7.89. The van der Waals surface area contributed by atoms with E-state index in [2.05, 4.69) is 10.0 Å². The van der Waals surface area contributed by atoms with Gasteiger partial charge in [-0.2, -0.15) is 0 Å². The van der Waals surface area contributed by atoms with Crippen molar-refractivity contribution in [1.29, 1.82) is 0 Å². The molecule has 25 heavy (non-hydrogen) atoms. The molecule has 0 spiro atoms. The lowest BCUT2D eigenvalue weighted by molar-refractivity contribution is -0.121. The second-order valence-corrected chi connectivity index (χ2v) is 7.33. The molecule has 0 saturated carbocycles. The zero-order valence-corrected chi connectivity index (χ0v) is 14.5. The van der Waals surface area contributed by atoms with Crippen molar-refractivity contribution in [3.05, 3.63) is 64.7 Å². The van der Waals surface area contributed by atoms with Gasteiger partial charge >= 0.3 is 0 Å². The van der Waals surface area contributed by atoms with E-state index in [1.54, 1.807) is 24.3 Å². The Kier molecular flexibility index (Phi) is 6.46. The van der Waals surface area contributed by atoms with Gasteiger partial charge in [0, 0.05) is 24.5 Å². The fourth-order valence-electron chi connectivity index (χ4n) is 1.92. The lowest BCUT2D eigenvalue weighted by Crippen LogP contribution is -2.30. The molecule has 0 aliphatic heterocycles. The first-order valence-electron chi connectivity index (χ1n) is 7.24. The Bertz CT molecular complexity index is 858. The maximum absolute atomic E-state index is 13.1. The predicted molar refractivity (Wildman–Crippen MR) is 89.5 cm³/mol. The Morgan fingerprint density at radius 1 is 1.04 bits per heavy atom. The number of hydrogen-bond donors (Lipinski definition) is 2. The van der Waals surface area contributed by atoms with Crippen LogP contribution in [0.5, 0.6) is 0 Å². The summed E-state index contributed by atoms with van der Waals surface area (Å²) in [6, 6.07) is 9.16. The van der Waals surface area contributed by atoms with Gasteiger partial charge in [-0.15, -0.1) is 0 Å². The molecule has 0 aliphatic carbocycles. The first-order chi connectivity index (χ1) is 11.8. The van der Waals surface area contributed by atoms with Crippen LogP contribution >= 0.6 is 11.6 Å². The summed E-state index contributed by atoms with van der Waals surface area (Å²) in [6.07, 6.45) is -0.101. The molecule has 0 aliphatic rings. The van der Waals surface area contributed by atoms with Gasteiger partial charge in [0.2, 0.25) is 15.9 Å². The normalized spacial score (nSPS) is 11.3. The predicted octanol–water partition coefficient (Wildman–Crippen LogP) is 2.60. The number of carbonyl (C=O) groups is 1. The SMILES string of the molecule is O=C(CCNS(=O)(=O)c1ccc(F)c(F)c1)NCc1ccc(Cl)cc1. The number of amides is 1. The molecule has 2 aromatic carbocycles. The van der Waals surface area contributed by atoms with Crippen LogP contribution < -0.4 is 10.0 Å². The van der Waals surface area contributed by atoms with E-state index >= 15 is 0 Å². The quantitative estimate of drug-likeness (QED) is 0.765. The summed E-state index contributed by atoms with van der Waals surface area (Å²) in [5.74, 6) is -2.76. The second kappa shape index (κ2) is 8.37. The minimum absolute atomic E-state index is 0.101. The van der Waals surface area contributed by atoms with Crippen LogP contribution in [-0.2, 0) is 21.4 Å². The molecule has 0 radical (unpaired) electrons. The third-order valence-corrected chi connectivity index (χ3v) is 4.96. The maximum atomic E-state index is 13.1. The van der Waals surface area contributed by atoms with E-state index in [0.29, 0.717) is 11.1 Å². The molecule has 0 bridgehead atoms. The summed E-state index contributed by atoms with van der Waals surface area (Å²) in [6.45, 7) is 0.111. The minimum Gasteiger partial charge on any atom is -0.352 e. The maximum Gasteiger partial charge on any atom is 0.240 e. The molecule has 2 N–H and O–H groups in total. The van der Waals surface area contributed by atoms with E-state index < -0.39 is 26.6 Å². The molecule has 2 rings (SSSR count). The zero-order valence-electron chi connectivity index (χ0n) is 12.9. The summed E-state index contributed by atoms with van der Waals surface area (Å²) in [5, 5.41) is 3.22. The zero-order chi connectivity index (χ0) is 18.4. The molecule has 5 nitrogen and oxygen atoms in total. The van der Waals surface area contributed by atoms with Crippen LogP contribution in [-0.4, -0.2) is 20.9 Å². The number of hydrogen-bond acceptors (Lipinski definition) is 3. The summed E-state index contributed by atoms with van der Waals surface area (Å²) < 4.78 is 52.0. The Balaban J connectivity index is 1.81. The molecule has 0 heterocycles. The van der Waals surface area contributed by atoms with Crippen molar-refractivity contribution in [1.82, 2.24) is 10.0 Å². The van der Waals surface area contributed by atoms with Crippen LogP contribution in [0.3, 0.4) is 0 Å². The molecular weight excluding hydrogens is 374 g/mol. The van der Waals surface area contributed by atoms with Gasteiger partial charge in [-0.1, -0.05) is 23.7 Å². The van der Waals surface area contributed by atoms with E-state index in [1.807, 2.05) is 0 Å². The summed E-state index contributed by atoms with van der Waals surface area (Å²) >= 11 is 5.76. The van der Waals surface area contributed by atoms with Crippen molar-refractivity contribution in [2.75, 3.05) is 6.54 Å². The van der Waals surface area contributed by atoms with Gasteiger partial charge in [-0.05, 0) is 35.9 Å². The summed E-state index contributed by atoms with van der Waals surface area (Å²) in [7, 11) is -4.02. The number of nitrogens with one attached hydrogen (secondary N) is 2. The van der Waals surface area contributed by atoms with Crippen LogP contribution in [0.4, 0.5) is 8.78 Å². The van der Waals surface area contributed by atoms with Gasteiger partial charge in [-0.3, -0.25) is 4.79 Å². The largest absolute Gasteiger partial charge is 0.352 e. The fourth-order valence-corrected chi connectivity index (χ4v) is 3.09. The molecule has 2 aromatic rings. The van der Waals surface area contributed by atoms with Crippen molar-refractivity contribution in [3.8, 4) is 0 Å².